The Labute approximate surface area is 187 Å². The number of hydrogen-bond donors (Lipinski definition) is 0. The van der Waals surface area contributed by atoms with Gasteiger partial charge in [-0.3, -0.25) is 9.59 Å². The van der Waals surface area contributed by atoms with Gasteiger partial charge in [0, 0.05) is 5.56 Å². The van der Waals surface area contributed by atoms with Crippen molar-refractivity contribution in [2.45, 2.75) is 19.4 Å². The molecule has 3 nitrogen and oxygen atoms in total. The molecule has 0 unspecified atom stereocenters. The van der Waals surface area contributed by atoms with Crippen molar-refractivity contribution < 1.29 is 14.3 Å². The maximum atomic E-state index is 13.5. The van der Waals surface area contributed by atoms with Crippen LogP contribution in [0.3, 0.4) is 0 Å². The molecule has 158 valence electrons. The standard InChI is InChI=1S/C27H26O3S/c1-31-19-21-16-27(17-21,26(29)30-18-20-8-4-2-5-9-20)25(28)24-14-12-23(13-15-24)22-10-6-3-7-11-22/h2-15,21H,16-19H2,1H3. The Hall–Kier alpha value is -2.85. The molecule has 0 aliphatic heterocycles. The highest BCUT2D eigenvalue weighted by Crippen LogP contribution is 2.50. The Balaban J connectivity index is 1.52. The molecule has 0 radical (unpaired) electrons. The minimum absolute atomic E-state index is 0.123. The van der Waals surface area contributed by atoms with E-state index in [9.17, 15) is 9.59 Å². The minimum Gasteiger partial charge on any atom is -0.460 e. The van der Waals surface area contributed by atoms with Gasteiger partial charge >= 0.3 is 5.97 Å². The molecule has 1 saturated carbocycles. The number of ether oxygens (including phenoxy) is 1. The molecule has 31 heavy (non-hydrogen) atoms. The van der Waals surface area contributed by atoms with Crippen LogP contribution in [0.1, 0.15) is 28.8 Å². The summed E-state index contributed by atoms with van der Waals surface area (Å²) in [4.78, 5) is 26.6. The van der Waals surface area contributed by atoms with E-state index in [2.05, 4.69) is 6.26 Å². The first-order chi connectivity index (χ1) is 15.1. The van der Waals surface area contributed by atoms with Gasteiger partial charge in [-0.15, -0.1) is 0 Å². The van der Waals surface area contributed by atoms with Crippen LogP contribution in [0, 0.1) is 11.3 Å². The molecule has 0 saturated heterocycles. The molecule has 0 bridgehead atoms. The van der Waals surface area contributed by atoms with Crippen molar-refractivity contribution >= 4 is 23.5 Å². The van der Waals surface area contributed by atoms with Crippen LogP contribution in [-0.4, -0.2) is 23.8 Å². The van der Waals surface area contributed by atoms with Crippen molar-refractivity contribution in [2.75, 3.05) is 12.0 Å². The average molecular weight is 431 g/mol. The van der Waals surface area contributed by atoms with E-state index in [4.69, 9.17) is 4.74 Å². The van der Waals surface area contributed by atoms with Crippen molar-refractivity contribution in [1.82, 2.24) is 0 Å². The molecule has 1 aliphatic rings. The lowest BCUT2D eigenvalue weighted by Crippen LogP contribution is -2.51. The highest BCUT2D eigenvalue weighted by Gasteiger charge is 2.56. The molecule has 4 rings (SSSR count). The van der Waals surface area contributed by atoms with Gasteiger partial charge in [0.05, 0.1) is 0 Å². The molecule has 1 fully saturated rings. The number of thioether (sulfide) groups is 1. The Morgan fingerprint density at radius 3 is 2.06 bits per heavy atom. The maximum absolute atomic E-state index is 13.5. The fourth-order valence-corrected chi connectivity index (χ4v) is 5.01. The Morgan fingerprint density at radius 2 is 1.45 bits per heavy atom. The predicted molar refractivity (Wildman–Crippen MR) is 126 cm³/mol. The minimum atomic E-state index is -1.07. The summed E-state index contributed by atoms with van der Waals surface area (Å²) in [7, 11) is 0. The Bertz CT molecular complexity index is 1020. The number of ketones is 1. The van der Waals surface area contributed by atoms with Gasteiger partial charge in [0.15, 0.2) is 5.78 Å². The molecular formula is C27H26O3S. The molecule has 0 N–H and O–H groups in total. The summed E-state index contributed by atoms with van der Waals surface area (Å²) >= 11 is 1.75. The number of hydrogen-bond acceptors (Lipinski definition) is 4. The normalized spacial score (nSPS) is 20.0. The third-order valence-corrected chi connectivity index (χ3v) is 6.77. The molecular weight excluding hydrogens is 404 g/mol. The number of rotatable bonds is 8. The van der Waals surface area contributed by atoms with Crippen molar-refractivity contribution in [3.63, 3.8) is 0 Å². The van der Waals surface area contributed by atoms with Crippen LogP contribution in [0.2, 0.25) is 0 Å². The highest BCUT2D eigenvalue weighted by atomic mass is 32.2. The highest BCUT2D eigenvalue weighted by molar-refractivity contribution is 7.98. The number of esters is 1. The lowest BCUT2D eigenvalue weighted by Gasteiger charge is -2.44. The second-order valence-corrected chi connectivity index (χ2v) is 9.06. The fraction of sp³-hybridized carbons (Fsp3) is 0.259. The summed E-state index contributed by atoms with van der Waals surface area (Å²) in [5.41, 5.74) is 2.57. The van der Waals surface area contributed by atoms with Crippen LogP contribution in [-0.2, 0) is 16.1 Å². The van der Waals surface area contributed by atoms with Gasteiger partial charge in [-0.25, -0.2) is 0 Å². The summed E-state index contributed by atoms with van der Waals surface area (Å²) in [5.74, 6) is 0.800. The molecule has 0 aromatic heterocycles. The Kier molecular flexibility index (Phi) is 6.57. The van der Waals surface area contributed by atoms with Crippen molar-refractivity contribution in [2.24, 2.45) is 11.3 Å². The van der Waals surface area contributed by atoms with E-state index in [1.807, 2.05) is 84.9 Å². The fourth-order valence-electron chi connectivity index (χ4n) is 4.31. The third kappa shape index (κ3) is 4.59. The van der Waals surface area contributed by atoms with Gasteiger partial charge in [0.25, 0.3) is 0 Å². The van der Waals surface area contributed by atoms with Crippen LogP contribution < -0.4 is 0 Å². The van der Waals surface area contributed by atoms with Crippen LogP contribution in [0.5, 0.6) is 0 Å². The van der Waals surface area contributed by atoms with Gasteiger partial charge in [-0.1, -0.05) is 84.9 Å². The molecule has 3 aromatic rings. The van der Waals surface area contributed by atoms with Gasteiger partial charge < -0.3 is 4.74 Å². The summed E-state index contributed by atoms with van der Waals surface area (Å²) in [6.45, 7) is 0.189. The summed E-state index contributed by atoms with van der Waals surface area (Å²) in [5, 5.41) is 0. The predicted octanol–water partition coefficient (Wildman–Crippen LogP) is 6.04. The first-order valence-electron chi connectivity index (χ1n) is 10.5. The molecule has 3 aromatic carbocycles. The van der Waals surface area contributed by atoms with Crippen LogP contribution in [0.15, 0.2) is 84.9 Å². The van der Waals surface area contributed by atoms with E-state index in [1.165, 1.54) is 0 Å². The molecule has 1 aliphatic carbocycles. The largest absolute Gasteiger partial charge is 0.460 e. The van der Waals surface area contributed by atoms with Gasteiger partial charge in [0.1, 0.15) is 12.0 Å². The topological polar surface area (TPSA) is 43.4 Å². The first kappa shape index (κ1) is 21.4. The van der Waals surface area contributed by atoms with E-state index in [1.54, 1.807) is 11.8 Å². The number of benzene rings is 3. The van der Waals surface area contributed by atoms with Crippen LogP contribution in [0.4, 0.5) is 0 Å². The Morgan fingerprint density at radius 1 is 0.871 bits per heavy atom. The van der Waals surface area contributed by atoms with E-state index < -0.39 is 11.4 Å². The summed E-state index contributed by atoms with van der Waals surface area (Å²) < 4.78 is 5.63. The zero-order valence-corrected chi connectivity index (χ0v) is 18.4. The van der Waals surface area contributed by atoms with Crippen molar-refractivity contribution in [3.05, 3.63) is 96.1 Å². The number of carbonyl (C=O) groups is 2. The molecule has 0 heterocycles. The quantitative estimate of drug-likeness (QED) is 0.248. The monoisotopic (exact) mass is 430 g/mol. The van der Waals surface area contributed by atoms with Gasteiger partial charge in [0.2, 0.25) is 0 Å². The first-order valence-corrected chi connectivity index (χ1v) is 11.9. The summed E-state index contributed by atoms with van der Waals surface area (Å²) in [6.07, 6.45) is 3.17. The molecule has 0 spiro atoms. The second-order valence-electron chi connectivity index (χ2n) is 8.15. The van der Waals surface area contributed by atoms with Crippen LogP contribution >= 0.6 is 11.8 Å². The SMILES string of the molecule is CSCC1CC(C(=O)OCc2ccccc2)(C(=O)c2ccc(-c3ccccc3)cc2)C1. The van der Waals surface area contributed by atoms with Gasteiger partial charge in [-0.2, -0.15) is 11.8 Å². The number of Topliss-reactive ketones (excluding diaryl/α,β-unsaturated/α-hetero) is 1. The molecule has 0 atom stereocenters. The van der Waals surface area contributed by atoms with E-state index in [-0.39, 0.29) is 12.4 Å². The van der Waals surface area contributed by atoms with E-state index in [0.717, 1.165) is 22.4 Å². The van der Waals surface area contributed by atoms with E-state index >= 15 is 0 Å². The molecule has 4 heteroatoms. The van der Waals surface area contributed by atoms with Crippen molar-refractivity contribution in [3.8, 4) is 11.1 Å². The lowest BCUT2D eigenvalue weighted by atomic mass is 9.59. The smallest absolute Gasteiger partial charge is 0.320 e. The second kappa shape index (κ2) is 9.52. The van der Waals surface area contributed by atoms with Crippen LogP contribution in [0.25, 0.3) is 11.1 Å². The van der Waals surface area contributed by atoms with Crippen molar-refractivity contribution in [1.29, 1.82) is 0 Å². The zero-order chi connectivity index (χ0) is 21.7. The van der Waals surface area contributed by atoms with Gasteiger partial charge in [-0.05, 0) is 47.5 Å². The molecule has 0 amide bonds. The third-order valence-electron chi connectivity index (χ3n) is 5.97. The van der Waals surface area contributed by atoms with E-state index in [0.29, 0.717) is 24.3 Å². The zero-order valence-electron chi connectivity index (χ0n) is 17.6. The number of carbonyl (C=O) groups excluding carboxylic acids is 2. The lowest BCUT2D eigenvalue weighted by molar-refractivity contribution is -0.161. The summed E-state index contributed by atoms with van der Waals surface area (Å²) in [6, 6.07) is 27.2. The average Bonchev–Trinajstić information content (AvgIpc) is 2.80. The maximum Gasteiger partial charge on any atom is 0.320 e.